The molecule has 45 heavy (non-hydrogen) atoms. The number of ether oxygens (including phenoxy) is 2. The fourth-order valence-corrected chi connectivity index (χ4v) is 4.45. The first-order chi connectivity index (χ1) is 20.9. The second-order valence-corrected chi connectivity index (χ2v) is 9.89. The van der Waals surface area contributed by atoms with Gasteiger partial charge < -0.3 is 35.2 Å². The van der Waals surface area contributed by atoms with E-state index >= 15 is 0 Å². The number of hydrogen-bond acceptors (Lipinski definition) is 8. The Morgan fingerprint density at radius 3 is 1.96 bits per heavy atom. The first-order valence-electron chi connectivity index (χ1n) is 13.1. The van der Waals surface area contributed by atoms with Crippen LogP contribution in [0.25, 0.3) is 0 Å². The van der Waals surface area contributed by atoms with E-state index < -0.39 is 29.7 Å². The van der Waals surface area contributed by atoms with Crippen LogP contribution in [0.1, 0.15) is 24.0 Å². The minimum Gasteiger partial charge on any atom is -0.475 e. The number of esters is 1. The number of alkyl halides is 6. The maximum absolute atomic E-state index is 13.3. The average molecular weight is 652 g/mol. The number of nitrogens with two attached hydrogens (primary N) is 1. The fourth-order valence-electron chi connectivity index (χ4n) is 4.45. The molecule has 1 aromatic heterocycles. The maximum atomic E-state index is 13.3. The number of anilines is 1. The Morgan fingerprint density at radius 1 is 0.956 bits per heavy atom. The Labute approximate surface area is 252 Å². The average Bonchev–Trinajstić information content (AvgIpc) is 2.97. The first kappa shape index (κ1) is 36.6. The van der Waals surface area contributed by atoms with Crippen LogP contribution in [-0.4, -0.2) is 89.7 Å². The summed E-state index contributed by atoms with van der Waals surface area (Å²) in [6.07, 6.45) is -4.47. The molecular weight excluding hydrogens is 620 g/mol. The zero-order valence-corrected chi connectivity index (χ0v) is 23.8. The van der Waals surface area contributed by atoms with E-state index in [1.807, 2.05) is 35.2 Å². The Bertz CT molecular complexity index is 1310. The molecule has 0 bridgehead atoms. The molecule has 0 atom stereocenters. The standard InChI is InChI=1S/C23H29N5O3.2C2HF3O2/c1-30-16-23(7-12-27(13-8-23)19-4-9-26-10-5-19)21(29)31-20-3-2-17-6-11-28(22(24)25)15-18(17)14-20;2*3-2(4,5)1(6)7/h2-5,9-10,14H,6-8,11-13,15-16H2,1H3,(H3,24,25);2*(H,6,7). The lowest BCUT2D eigenvalue weighted by atomic mass is 9.79. The number of methoxy groups -OCH3 is 1. The normalized spacial score (nSPS) is 15.7. The number of guanidine groups is 1. The zero-order valence-electron chi connectivity index (χ0n) is 23.8. The second kappa shape index (κ2) is 15.4. The molecule has 0 aliphatic carbocycles. The molecule has 1 saturated heterocycles. The van der Waals surface area contributed by atoms with Crippen molar-refractivity contribution >= 4 is 29.6 Å². The van der Waals surface area contributed by atoms with Crippen LogP contribution in [-0.2, 0) is 32.1 Å². The zero-order chi connectivity index (χ0) is 34.0. The maximum Gasteiger partial charge on any atom is 0.490 e. The second-order valence-electron chi connectivity index (χ2n) is 9.89. The number of piperidine rings is 1. The molecule has 248 valence electrons. The third-order valence-corrected chi connectivity index (χ3v) is 6.83. The van der Waals surface area contributed by atoms with Crippen LogP contribution in [0.3, 0.4) is 0 Å². The topological polar surface area (TPSA) is 179 Å². The molecule has 1 fully saturated rings. The number of halogens is 6. The van der Waals surface area contributed by atoms with Gasteiger partial charge in [0.25, 0.3) is 0 Å². The van der Waals surface area contributed by atoms with Gasteiger partial charge in [-0.05, 0) is 54.7 Å². The summed E-state index contributed by atoms with van der Waals surface area (Å²) in [6.45, 7) is 3.12. The molecule has 0 spiro atoms. The summed E-state index contributed by atoms with van der Waals surface area (Å²) >= 11 is 0. The molecule has 5 N–H and O–H groups in total. The van der Waals surface area contributed by atoms with E-state index in [9.17, 15) is 31.1 Å². The Morgan fingerprint density at radius 2 is 1.49 bits per heavy atom. The van der Waals surface area contributed by atoms with Crippen molar-refractivity contribution in [3.8, 4) is 5.75 Å². The summed E-state index contributed by atoms with van der Waals surface area (Å²) in [5.41, 5.74) is 8.34. The third kappa shape index (κ3) is 10.8. The number of fused-ring (bicyclic) bond motifs is 1. The predicted molar refractivity (Wildman–Crippen MR) is 145 cm³/mol. The quantitative estimate of drug-likeness (QED) is 0.122. The monoisotopic (exact) mass is 651 g/mol. The highest BCUT2D eigenvalue weighted by Crippen LogP contribution is 2.36. The largest absolute Gasteiger partial charge is 0.490 e. The van der Waals surface area contributed by atoms with Gasteiger partial charge in [0.05, 0.1) is 12.0 Å². The minimum absolute atomic E-state index is 0.0630. The van der Waals surface area contributed by atoms with Gasteiger partial charge >= 0.3 is 30.3 Å². The summed E-state index contributed by atoms with van der Waals surface area (Å²) < 4.78 is 74.8. The molecule has 0 saturated carbocycles. The lowest BCUT2D eigenvalue weighted by Crippen LogP contribution is -2.48. The fraction of sp³-hybridized carbons (Fsp3) is 0.444. The lowest BCUT2D eigenvalue weighted by molar-refractivity contribution is -0.193. The number of rotatable bonds is 5. The van der Waals surface area contributed by atoms with Gasteiger partial charge in [-0.25, -0.2) is 9.59 Å². The van der Waals surface area contributed by atoms with E-state index in [1.165, 1.54) is 5.56 Å². The molecule has 1 aromatic carbocycles. The summed E-state index contributed by atoms with van der Waals surface area (Å²) in [5, 5.41) is 21.9. The highest BCUT2D eigenvalue weighted by molar-refractivity contribution is 5.80. The smallest absolute Gasteiger partial charge is 0.475 e. The predicted octanol–water partition coefficient (Wildman–Crippen LogP) is 3.44. The molecule has 2 aliphatic rings. The molecule has 2 aliphatic heterocycles. The number of benzene rings is 1. The van der Waals surface area contributed by atoms with Gasteiger partial charge in [-0.2, -0.15) is 26.3 Å². The molecule has 0 amide bonds. The Balaban J connectivity index is 0.000000421. The van der Waals surface area contributed by atoms with E-state index in [2.05, 4.69) is 9.88 Å². The summed E-state index contributed by atoms with van der Waals surface area (Å²) in [5.74, 6) is -5.17. The van der Waals surface area contributed by atoms with Crippen LogP contribution < -0.4 is 15.4 Å². The number of hydrogen-bond donors (Lipinski definition) is 4. The van der Waals surface area contributed by atoms with Gasteiger partial charge in [-0.3, -0.25) is 15.2 Å². The van der Waals surface area contributed by atoms with Crippen molar-refractivity contribution in [2.75, 3.05) is 38.3 Å². The van der Waals surface area contributed by atoms with Gasteiger partial charge in [0.2, 0.25) is 0 Å². The Kier molecular flexibility index (Phi) is 12.5. The summed E-state index contributed by atoms with van der Waals surface area (Å²) in [7, 11) is 1.62. The molecular formula is C27H31F6N5O7. The highest BCUT2D eigenvalue weighted by atomic mass is 19.4. The number of carbonyl (C=O) groups is 3. The number of nitrogens with one attached hydrogen (secondary N) is 1. The first-order valence-corrected chi connectivity index (χ1v) is 13.1. The van der Waals surface area contributed by atoms with Gasteiger partial charge in [-0.15, -0.1) is 0 Å². The van der Waals surface area contributed by atoms with Crippen molar-refractivity contribution in [1.29, 1.82) is 5.41 Å². The van der Waals surface area contributed by atoms with Crippen molar-refractivity contribution in [3.63, 3.8) is 0 Å². The van der Waals surface area contributed by atoms with Crippen molar-refractivity contribution in [3.05, 3.63) is 53.9 Å². The molecule has 3 heterocycles. The summed E-state index contributed by atoms with van der Waals surface area (Å²) in [6, 6.07) is 9.73. The molecule has 2 aromatic rings. The molecule has 12 nitrogen and oxygen atoms in total. The van der Waals surface area contributed by atoms with Crippen LogP contribution >= 0.6 is 0 Å². The van der Waals surface area contributed by atoms with E-state index in [1.54, 1.807) is 19.5 Å². The SMILES string of the molecule is COCC1(C(=O)Oc2ccc3c(c2)CN(C(=N)N)CC3)CCN(c2ccncc2)CC1.O=C(O)C(F)(F)F.O=C(O)C(F)(F)F. The number of aliphatic carboxylic acids is 2. The number of aromatic nitrogens is 1. The summed E-state index contributed by atoms with van der Waals surface area (Å²) in [4.78, 5) is 39.2. The minimum atomic E-state index is -5.08. The van der Waals surface area contributed by atoms with Crippen LogP contribution in [0.5, 0.6) is 5.75 Å². The van der Waals surface area contributed by atoms with Crippen molar-refractivity contribution in [2.45, 2.75) is 38.2 Å². The van der Waals surface area contributed by atoms with Gasteiger partial charge in [-0.1, -0.05) is 6.07 Å². The van der Waals surface area contributed by atoms with Crippen molar-refractivity contribution in [2.24, 2.45) is 11.1 Å². The van der Waals surface area contributed by atoms with Crippen molar-refractivity contribution < 1.29 is 60.4 Å². The molecule has 18 heteroatoms. The number of nitrogens with zero attached hydrogens (tertiary/aromatic N) is 3. The molecule has 0 radical (unpaired) electrons. The van der Waals surface area contributed by atoms with Crippen LogP contribution in [0.2, 0.25) is 0 Å². The van der Waals surface area contributed by atoms with Crippen LogP contribution in [0.15, 0.2) is 42.7 Å². The lowest BCUT2D eigenvalue weighted by Gasteiger charge is -2.40. The highest BCUT2D eigenvalue weighted by Gasteiger charge is 2.43. The van der Waals surface area contributed by atoms with Crippen LogP contribution in [0.4, 0.5) is 32.0 Å². The van der Waals surface area contributed by atoms with E-state index in [0.717, 1.165) is 37.3 Å². The molecule has 0 unspecified atom stereocenters. The molecule has 4 rings (SSSR count). The van der Waals surface area contributed by atoms with Gasteiger partial charge in [0.15, 0.2) is 5.96 Å². The number of carbonyl (C=O) groups excluding carboxylic acids is 1. The van der Waals surface area contributed by atoms with E-state index in [4.69, 9.17) is 40.4 Å². The van der Waals surface area contributed by atoms with E-state index in [0.29, 0.717) is 31.7 Å². The van der Waals surface area contributed by atoms with Gasteiger partial charge in [0.1, 0.15) is 5.75 Å². The number of carboxylic acids is 2. The van der Waals surface area contributed by atoms with Gasteiger partial charge in [0, 0.05) is 51.4 Å². The Hall–Kier alpha value is -4.61. The van der Waals surface area contributed by atoms with Crippen molar-refractivity contribution in [1.82, 2.24) is 9.88 Å². The number of pyridine rings is 1. The van der Waals surface area contributed by atoms with E-state index in [-0.39, 0.29) is 11.9 Å². The van der Waals surface area contributed by atoms with Crippen LogP contribution in [0, 0.1) is 10.8 Å². The number of carboxylic acid groups (broad SMARTS) is 2. The third-order valence-electron chi connectivity index (χ3n) is 6.83.